The van der Waals surface area contributed by atoms with Crippen molar-refractivity contribution in [2.75, 3.05) is 0 Å². The monoisotopic (exact) mass is 374 g/mol. The molecule has 26 heavy (non-hydrogen) atoms. The summed E-state index contributed by atoms with van der Waals surface area (Å²) in [4.78, 5) is 4.79. The fraction of sp³-hybridized carbons (Fsp3) is 0. The molecule has 0 bridgehead atoms. The summed E-state index contributed by atoms with van der Waals surface area (Å²) in [6, 6.07) is 37.9. The van der Waals surface area contributed by atoms with Gasteiger partial charge >= 0.3 is 0 Å². The van der Waals surface area contributed by atoms with Crippen LogP contribution in [0.1, 0.15) is 0 Å². The highest BCUT2D eigenvalue weighted by atomic mass is 35.5. The third kappa shape index (κ3) is 2.94. The molecule has 3 aromatic carbocycles. The first kappa shape index (κ1) is 17.0. The largest absolute Gasteiger partial charge is 0.201 e. The van der Waals surface area contributed by atoms with Crippen LogP contribution in [-0.2, 0) is 0 Å². The Kier molecular flexibility index (Phi) is 4.84. The van der Waals surface area contributed by atoms with Gasteiger partial charge in [0.1, 0.15) is 21.1 Å². The Bertz CT molecular complexity index is 891. The van der Waals surface area contributed by atoms with Gasteiger partial charge in [0.05, 0.1) is 0 Å². The van der Waals surface area contributed by atoms with Gasteiger partial charge < -0.3 is 0 Å². The third-order valence-corrected chi connectivity index (χ3v) is 8.84. The lowest BCUT2D eigenvalue weighted by atomic mass is 10.4. The maximum Gasteiger partial charge on any atom is 0.199 e. The van der Waals surface area contributed by atoms with Crippen LogP contribution in [0.2, 0.25) is 5.15 Å². The number of benzene rings is 3. The van der Waals surface area contributed by atoms with Gasteiger partial charge in [0, 0.05) is 6.07 Å². The van der Waals surface area contributed by atoms with Gasteiger partial charge in [-0.15, -0.1) is 0 Å². The minimum Gasteiger partial charge on any atom is -0.201 e. The van der Waals surface area contributed by atoms with Crippen molar-refractivity contribution in [3.05, 3.63) is 114 Å². The lowest BCUT2D eigenvalue weighted by Gasteiger charge is -2.26. The van der Waals surface area contributed by atoms with E-state index in [0.29, 0.717) is 5.15 Å². The molecule has 1 aromatic heterocycles. The van der Waals surface area contributed by atoms with E-state index in [-0.39, 0.29) is 0 Å². The Hall–Kier alpha value is -2.47. The van der Waals surface area contributed by atoms with E-state index in [9.17, 15) is 0 Å². The molecule has 0 fully saturated rings. The lowest BCUT2D eigenvalue weighted by molar-refractivity contribution is 1.39. The smallest absolute Gasteiger partial charge is 0.199 e. The van der Waals surface area contributed by atoms with E-state index < -0.39 is 7.26 Å². The molecular weight excluding hydrogens is 357 g/mol. The minimum absolute atomic E-state index is 0.523. The van der Waals surface area contributed by atoms with Gasteiger partial charge in [-0.05, 0) is 42.5 Å². The first-order valence-corrected chi connectivity index (χ1v) is 10.7. The zero-order valence-corrected chi connectivity index (χ0v) is 15.8. The number of aromatic nitrogens is 1. The molecule has 0 saturated heterocycles. The van der Waals surface area contributed by atoms with Crippen LogP contribution in [0.3, 0.4) is 0 Å². The molecule has 0 radical (unpaired) electrons. The Labute approximate surface area is 159 Å². The molecule has 1 nitrogen and oxygen atoms in total. The van der Waals surface area contributed by atoms with Crippen LogP contribution in [0.25, 0.3) is 0 Å². The summed E-state index contributed by atoms with van der Waals surface area (Å²) in [5, 5.41) is 4.33. The Balaban J connectivity index is 2.14. The number of rotatable bonds is 4. The first-order valence-electron chi connectivity index (χ1n) is 8.51. The Morgan fingerprint density at radius 2 is 0.923 bits per heavy atom. The molecule has 0 spiro atoms. The Morgan fingerprint density at radius 1 is 0.500 bits per heavy atom. The second-order valence-electron chi connectivity index (χ2n) is 6.00. The van der Waals surface area contributed by atoms with Crippen LogP contribution < -0.4 is 21.3 Å². The van der Waals surface area contributed by atoms with Crippen molar-refractivity contribution in [2.45, 2.75) is 0 Å². The van der Waals surface area contributed by atoms with E-state index in [0.717, 1.165) is 5.44 Å². The standard InChI is InChI=1S/C23H18ClNP/c24-22-17-10-18-23(25-22)26(19-11-4-1-5-12-19,20-13-6-2-7-14-20)21-15-8-3-9-16-21/h1-18H/q+1. The topological polar surface area (TPSA) is 12.9 Å². The van der Waals surface area contributed by atoms with E-state index in [4.69, 9.17) is 16.6 Å². The first-order chi connectivity index (χ1) is 12.8. The van der Waals surface area contributed by atoms with Gasteiger partial charge in [-0.2, -0.15) is 0 Å². The van der Waals surface area contributed by atoms with E-state index in [1.165, 1.54) is 15.9 Å². The predicted molar refractivity (Wildman–Crippen MR) is 114 cm³/mol. The molecule has 0 aliphatic heterocycles. The van der Waals surface area contributed by atoms with Gasteiger partial charge in [-0.25, -0.2) is 4.98 Å². The normalized spacial score (nSPS) is 11.3. The van der Waals surface area contributed by atoms with Crippen molar-refractivity contribution in [3.8, 4) is 0 Å². The molecule has 126 valence electrons. The molecule has 0 amide bonds. The average molecular weight is 375 g/mol. The number of halogens is 1. The maximum absolute atomic E-state index is 6.32. The summed E-state index contributed by atoms with van der Waals surface area (Å²) >= 11 is 6.32. The summed E-state index contributed by atoms with van der Waals surface area (Å²) in [5.74, 6) is 0. The zero-order valence-electron chi connectivity index (χ0n) is 14.2. The van der Waals surface area contributed by atoms with Gasteiger partial charge in [0.25, 0.3) is 0 Å². The van der Waals surface area contributed by atoms with Gasteiger partial charge in [0.15, 0.2) is 12.7 Å². The van der Waals surface area contributed by atoms with Crippen molar-refractivity contribution >= 4 is 40.2 Å². The van der Waals surface area contributed by atoms with Crippen molar-refractivity contribution in [1.82, 2.24) is 4.98 Å². The highest BCUT2D eigenvalue weighted by molar-refractivity contribution is 8.01. The summed E-state index contributed by atoms with van der Waals surface area (Å²) in [6.07, 6.45) is 0. The zero-order chi connectivity index (χ0) is 17.8. The molecule has 0 saturated carbocycles. The average Bonchev–Trinajstić information content (AvgIpc) is 2.71. The van der Waals surface area contributed by atoms with Gasteiger partial charge in [-0.3, -0.25) is 0 Å². The number of hydrogen-bond acceptors (Lipinski definition) is 1. The molecule has 4 aromatic rings. The second-order valence-corrected chi connectivity index (χ2v) is 9.73. The SMILES string of the molecule is Clc1cccc([P+](c2ccccc2)(c2ccccc2)c2ccccc2)n1. The maximum atomic E-state index is 6.32. The van der Waals surface area contributed by atoms with E-state index in [2.05, 4.69) is 97.1 Å². The third-order valence-electron chi connectivity index (χ3n) is 4.47. The highest BCUT2D eigenvalue weighted by Crippen LogP contribution is 2.53. The molecule has 3 heteroatoms. The van der Waals surface area contributed by atoms with Crippen LogP contribution in [0.4, 0.5) is 0 Å². The minimum atomic E-state index is -2.13. The Morgan fingerprint density at radius 3 is 1.31 bits per heavy atom. The van der Waals surface area contributed by atoms with Crippen LogP contribution in [-0.4, -0.2) is 4.98 Å². The fourth-order valence-corrected chi connectivity index (χ4v) is 7.72. The number of pyridine rings is 1. The van der Waals surface area contributed by atoms with Gasteiger partial charge in [0.2, 0.25) is 0 Å². The van der Waals surface area contributed by atoms with Crippen LogP contribution in [0, 0.1) is 0 Å². The summed E-state index contributed by atoms with van der Waals surface area (Å²) in [5.41, 5.74) is 1.02. The van der Waals surface area contributed by atoms with E-state index in [1.807, 2.05) is 12.1 Å². The van der Waals surface area contributed by atoms with Crippen LogP contribution in [0.5, 0.6) is 0 Å². The van der Waals surface area contributed by atoms with Crippen molar-refractivity contribution in [3.63, 3.8) is 0 Å². The summed E-state index contributed by atoms with van der Waals surface area (Å²) in [7, 11) is -2.13. The second kappa shape index (κ2) is 7.41. The highest BCUT2D eigenvalue weighted by Gasteiger charge is 2.49. The van der Waals surface area contributed by atoms with Crippen molar-refractivity contribution in [2.24, 2.45) is 0 Å². The molecule has 0 unspecified atom stereocenters. The van der Waals surface area contributed by atoms with Crippen LogP contribution in [0.15, 0.2) is 109 Å². The van der Waals surface area contributed by atoms with Crippen molar-refractivity contribution < 1.29 is 0 Å². The summed E-state index contributed by atoms with van der Waals surface area (Å²) < 4.78 is 0. The van der Waals surface area contributed by atoms with E-state index in [1.54, 1.807) is 0 Å². The molecular formula is C23H18ClNP+. The molecule has 0 atom stereocenters. The molecule has 1 heterocycles. The quantitative estimate of drug-likeness (QED) is 0.382. The molecule has 4 rings (SSSR count). The number of hydrogen-bond donors (Lipinski definition) is 0. The number of nitrogens with zero attached hydrogens (tertiary/aromatic N) is 1. The predicted octanol–water partition coefficient (Wildman–Crippen LogP) is 4.35. The van der Waals surface area contributed by atoms with Crippen molar-refractivity contribution in [1.29, 1.82) is 0 Å². The summed E-state index contributed by atoms with van der Waals surface area (Å²) in [6.45, 7) is 0. The molecule has 0 N–H and O–H groups in total. The molecule has 0 aliphatic carbocycles. The van der Waals surface area contributed by atoms with Crippen LogP contribution >= 0.6 is 18.9 Å². The molecule has 0 aliphatic rings. The van der Waals surface area contributed by atoms with E-state index >= 15 is 0 Å². The van der Waals surface area contributed by atoms with Gasteiger partial charge in [-0.1, -0.05) is 72.3 Å². The lowest BCUT2D eigenvalue weighted by Crippen LogP contribution is -2.39. The fourth-order valence-electron chi connectivity index (χ4n) is 3.38.